The molecule has 8 heteroatoms. The summed E-state index contributed by atoms with van der Waals surface area (Å²) in [6.07, 6.45) is 9.66. The van der Waals surface area contributed by atoms with Gasteiger partial charge in [0, 0.05) is 25.0 Å². The van der Waals surface area contributed by atoms with Crippen LogP contribution in [0.4, 0.5) is 0 Å². The quantitative estimate of drug-likeness (QED) is 0.563. The molecule has 2 fully saturated rings. The van der Waals surface area contributed by atoms with Gasteiger partial charge in [0.2, 0.25) is 5.91 Å². The zero-order chi connectivity index (χ0) is 19.5. The van der Waals surface area contributed by atoms with Crippen molar-refractivity contribution in [3.8, 4) is 0 Å². The Morgan fingerprint density at radius 2 is 2.25 bits per heavy atom. The molecule has 0 bridgehead atoms. The van der Waals surface area contributed by atoms with E-state index in [0.717, 1.165) is 24.8 Å². The van der Waals surface area contributed by atoms with Gasteiger partial charge < -0.3 is 9.32 Å². The van der Waals surface area contributed by atoms with Crippen molar-refractivity contribution in [3.63, 3.8) is 0 Å². The zero-order valence-corrected chi connectivity index (χ0v) is 16.7. The molecule has 0 unspecified atom stereocenters. The monoisotopic (exact) mass is 413 g/mol. The van der Waals surface area contributed by atoms with Crippen LogP contribution in [0.15, 0.2) is 52.2 Å². The van der Waals surface area contributed by atoms with Gasteiger partial charge in [-0.25, -0.2) is 0 Å². The number of nitrogens with zero attached hydrogens (tertiary/aromatic N) is 3. The number of carbonyl (C=O) groups is 2. The van der Waals surface area contributed by atoms with Crippen LogP contribution in [0, 0.1) is 0 Å². The van der Waals surface area contributed by atoms with E-state index in [1.165, 1.54) is 16.7 Å². The average molecular weight is 414 g/mol. The molecule has 6 nitrogen and oxygen atoms in total. The highest BCUT2D eigenvalue weighted by Crippen LogP contribution is 2.34. The summed E-state index contributed by atoms with van der Waals surface area (Å²) >= 11 is 6.54. The molecule has 2 aromatic heterocycles. The number of aromatic nitrogens is 1. The summed E-state index contributed by atoms with van der Waals surface area (Å²) in [4.78, 5) is 33.7. The van der Waals surface area contributed by atoms with Crippen LogP contribution in [0.2, 0.25) is 0 Å². The number of hydrogen-bond acceptors (Lipinski definition) is 6. The second kappa shape index (κ2) is 8.28. The average Bonchev–Trinajstić information content (AvgIpc) is 3.33. The lowest BCUT2D eigenvalue weighted by Gasteiger charge is -2.36. The predicted molar refractivity (Wildman–Crippen MR) is 111 cm³/mol. The van der Waals surface area contributed by atoms with E-state index in [0.29, 0.717) is 21.5 Å². The summed E-state index contributed by atoms with van der Waals surface area (Å²) in [6.45, 7) is 0.631. The molecule has 2 aliphatic heterocycles. The largest absolute Gasteiger partial charge is 0.465 e. The van der Waals surface area contributed by atoms with Crippen molar-refractivity contribution < 1.29 is 14.0 Å². The van der Waals surface area contributed by atoms with Crippen LogP contribution < -0.4 is 0 Å². The van der Waals surface area contributed by atoms with Crippen molar-refractivity contribution in [1.29, 1.82) is 0 Å². The maximum atomic E-state index is 13.1. The Labute approximate surface area is 172 Å². The molecule has 4 heterocycles. The van der Waals surface area contributed by atoms with E-state index < -0.39 is 0 Å². The third-order valence-electron chi connectivity index (χ3n) is 4.88. The molecule has 0 spiro atoms. The van der Waals surface area contributed by atoms with Gasteiger partial charge in [0.05, 0.1) is 17.2 Å². The van der Waals surface area contributed by atoms with Crippen LogP contribution in [0.5, 0.6) is 0 Å². The molecule has 0 aliphatic carbocycles. The molecular weight excluding hydrogens is 394 g/mol. The van der Waals surface area contributed by atoms with Crippen molar-refractivity contribution in [1.82, 2.24) is 14.8 Å². The van der Waals surface area contributed by atoms with E-state index in [-0.39, 0.29) is 24.4 Å². The van der Waals surface area contributed by atoms with E-state index in [4.69, 9.17) is 16.6 Å². The maximum absolute atomic E-state index is 13.1. The third kappa shape index (κ3) is 3.88. The van der Waals surface area contributed by atoms with Gasteiger partial charge in [-0.3, -0.25) is 19.5 Å². The highest BCUT2D eigenvalue weighted by atomic mass is 32.2. The van der Waals surface area contributed by atoms with Crippen LogP contribution in [0.1, 0.15) is 36.6 Å². The summed E-state index contributed by atoms with van der Waals surface area (Å²) in [5.74, 6) is 0.235. The fourth-order valence-corrected chi connectivity index (χ4v) is 4.75. The van der Waals surface area contributed by atoms with Crippen LogP contribution in [-0.4, -0.2) is 44.0 Å². The highest BCUT2D eigenvalue weighted by molar-refractivity contribution is 8.26. The van der Waals surface area contributed by atoms with Crippen molar-refractivity contribution in [2.45, 2.75) is 25.3 Å². The van der Waals surface area contributed by atoms with Crippen LogP contribution in [0.25, 0.3) is 6.08 Å². The third-order valence-corrected chi connectivity index (χ3v) is 6.25. The van der Waals surface area contributed by atoms with Gasteiger partial charge in [0.25, 0.3) is 5.91 Å². The highest BCUT2D eigenvalue weighted by Gasteiger charge is 2.36. The molecule has 0 saturated carbocycles. The van der Waals surface area contributed by atoms with Gasteiger partial charge in [0.1, 0.15) is 16.6 Å². The first-order valence-electron chi connectivity index (χ1n) is 9.12. The molecule has 28 heavy (non-hydrogen) atoms. The van der Waals surface area contributed by atoms with E-state index in [2.05, 4.69) is 4.98 Å². The molecule has 144 valence electrons. The van der Waals surface area contributed by atoms with E-state index in [9.17, 15) is 9.59 Å². The van der Waals surface area contributed by atoms with Crippen molar-refractivity contribution in [2.24, 2.45) is 0 Å². The molecule has 1 atom stereocenters. The van der Waals surface area contributed by atoms with Gasteiger partial charge in [-0.2, -0.15) is 0 Å². The number of hydrogen-bond donors (Lipinski definition) is 0. The number of likely N-dealkylation sites (tertiary alicyclic amines) is 1. The maximum Gasteiger partial charge on any atom is 0.266 e. The Balaban J connectivity index is 1.49. The molecule has 0 N–H and O–H groups in total. The lowest BCUT2D eigenvalue weighted by molar-refractivity contribution is -0.138. The second-order valence-electron chi connectivity index (χ2n) is 6.67. The minimum atomic E-state index is -0.255. The minimum Gasteiger partial charge on any atom is -0.465 e. The number of furan rings is 1. The molecular formula is C20H19N3O3S2. The molecule has 2 aliphatic rings. The topological polar surface area (TPSA) is 66.7 Å². The number of amides is 2. The number of carbonyl (C=O) groups excluding carboxylic acids is 2. The van der Waals surface area contributed by atoms with Crippen molar-refractivity contribution >= 4 is 46.2 Å². The first-order valence-corrected chi connectivity index (χ1v) is 10.3. The van der Waals surface area contributed by atoms with Gasteiger partial charge in [-0.05, 0) is 43.0 Å². The Hall–Kier alpha value is -2.45. The number of thiocarbonyl (C=S) groups is 1. The Morgan fingerprint density at radius 1 is 1.36 bits per heavy atom. The fraction of sp³-hybridized carbons (Fsp3) is 0.300. The normalized spacial score (nSPS) is 21.6. The molecule has 2 aromatic rings. The lowest BCUT2D eigenvalue weighted by atomic mass is 9.96. The summed E-state index contributed by atoms with van der Waals surface area (Å²) in [5.41, 5.74) is 1.03. The van der Waals surface area contributed by atoms with Gasteiger partial charge in [0.15, 0.2) is 0 Å². The minimum absolute atomic E-state index is 0.00740. The molecule has 2 amide bonds. The van der Waals surface area contributed by atoms with Crippen LogP contribution in [-0.2, 0) is 9.59 Å². The van der Waals surface area contributed by atoms with Crippen molar-refractivity contribution in [3.05, 3.63) is 59.2 Å². The predicted octanol–water partition coefficient (Wildman–Crippen LogP) is 3.63. The number of pyridine rings is 1. The summed E-state index contributed by atoms with van der Waals surface area (Å²) in [5, 5.41) is 0. The molecule has 4 rings (SSSR count). The van der Waals surface area contributed by atoms with Crippen LogP contribution >= 0.6 is 24.0 Å². The lowest BCUT2D eigenvalue weighted by Crippen LogP contribution is -2.45. The first kappa shape index (κ1) is 18.9. The van der Waals surface area contributed by atoms with E-state index in [1.54, 1.807) is 30.7 Å². The first-order chi connectivity index (χ1) is 13.6. The fourth-order valence-electron chi connectivity index (χ4n) is 3.51. The molecule has 0 aromatic carbocycles. The zero-order valence-electron chi connectivity index (χ0n) is 15.1. The SMILES string of the molecule is O=C1/C(=C\c2ccco2)SC(=S)N1CC(=O)N1CCCC[C@H]1c1cccnc1. The van der Waals surface area contributed by atoms with E-state index in [1.807, 2.05) is 23.2 Å². The van der Waals surface area contributed by atoms with Gasteiger partial charge >= 0.3 is 0 Å². The summed E-state index contributed by atoms with van der Waals surface area (Å²) < 4.78 is 5.66. The number of rotatable bonds is 4. The second-order valence-corrected chi connectivity index (χ2v) is 8.34. The van der Waals surface area contributed by atoms with Crippen LogP contribution in [0.3, 0.4) is 0 Å². The molecule has 0 radical (unpaired) electrons. The summed E-state index contributed by atoms with van der Waals surface area (Å²) in [6, 6.07) is 7.39. The number of piperidine rings is 1. The van der Waals surface area contributed by atoms with E-state index >= 15 is 0 Å². The molecule has 2 saturated heterocycles. The van der Waals surface area contributed by atoms with Gasteiger partial charge in [-0.1, -0.05) is 30.0 Å². The summed E-state index contributed by atoms with van der Waals surface area (Å²) in [7, 11) is 0. The Kier molecular flexibility index (Phi) is 5.59. The smallest absolute Gasteiger partial charge is 0.266 e. The standard InChI is InChI=1S/C20H19N3O3S2/c24-18(22-9-2-1-7-16(22)14-5-3-8-21-12-14)13-23-19(25)17(28-20(23)27)11-15-6-4-10-26-15/h3-6,8,10-12,16H,1-2,7,9,13H2/b17-11+/t16-/m0/s1. The number of thioether (sulfide) groups is 1. The Bertz CT molecular complexity index is 912. The van der Waals surface area contributed by atoms with Gasteiger partial charge in [-0.15, -0.1) is 0 Å². The van der Waals surface area contributed by atoms with Crippen molar-refractivity contribution in [2.75, 3.05) is 13.1 Å². The Morgan fingerprint density at radius 3 is 3.00 bits per heavy atom.